The summed E-state index contributed by atoms with van der Waals surface area (Å²) in [5.41, 5.74) is 8.21. The molecule has 2 nitrogen and oxygen atoms in total. The summed E-state index contributed by atoms with van der Waals surface area (Å²) in [7, 11) is 0. The molecule has 1 aromatic carbocycles. The van der Waals surface area contributed by atoms with Gasteiger partial charge in [-0.15, -0.1) is 11.3 Å². The normalized spacial score (nSPS) is 15.2. The van der Waals surface area contributed by atoms with E-state index in [9.17, 15) is 0 Å². The second-order valence-electron chi connectivity index (χ2n) is 4.32. The van der Waals surface area contributed by atoms with E-state index in [1.54, 1.807) is 11.3 Å². The maximum atomic E-state index is 5.80. The van der Waals surface area contributed by atoms with E-state index in [1.165, 1.54) is 29.0 Å². The van der Waals surface area contributed by atoms with Gasteiger partial charge in [-0.1, -0.05) is 28.1 Å². The van der Waals surface area contributed by atoms with Gasteiger partial charge in [0.25, 0.3) is 0 Å². The second kappa shape index (κ2) is 4.52. The molecule has 3 rings (SSSR count). The lowest BCUT2D eigenvalue weighted by Crippen LogP contribution is -1.96. The molecule has 88 valence electrons. The van der Waals surface area contributed by atoms with Crippen molar-refractivity contribution in [2.45, 2.75) is 25.3 Å². The number of hydrogen-bond donors (Lipinski definition) is 1. The minimum Gasteiger partial charge on any atom is -0.326 e. The molecule has 1 aliphatic carbocycles. The maximum absolute atomic E-state index is 5.80. The van der Waals surface area contributed by atoms with Crippen molar-refractivity contribution in [1.82, 2.24) is 4.98 Å². The summed E-state index contributed by atoms with van der Waals surface area (Å²) >= 11 is 5.23. The van der Waals surface area contributed by atoms with E-state index in [4.69, 9.17) is 10.7 Å². The average molecular weight is 309 g/mol. The first-order valence-electron chi connectivity index (χ1n) is 5.73. The Hall–Kier alpha value is -0.710. The number of nitrogens with two attached hydrogens (primary N) is 1. The fraction of sp³-hybridized carbons (Fsp3) is 0.308. The van der Waals surface area contributed by atoms with E-state index in [2.05, 4.69) is 28.1 Å². The molecule has 1 aromatic heterocycles. The monoisotopic (exact) mass is 308 g/mol. The zero-order valence-electron chi connectivity index (χ0n) is 9.32. The van der Waals surface area contributed by atoms with Crippen molar-refractivity contribution >= 4 is 27.3 Å². The van der Waals surface area contributed by atoms with Crippen molar-refractivity contribution in [2.75, 3.05) is 0 Å². The number of hydrogen-bond acceptors (Lipinski definition) is 3. The molecule has 1 heterocycles. The van der Waals surface area contributed by atoms with Crippen LogP contribution >= 0.6 is 27.3 Å². The Morgan fingerprint density at radius 1 is 1.41 bits per heavy atom. The molecule has 0 radical (unpaired) electrons. The highest BCUT2D eigenvalue weighted by Crippen LogP contribution is 2.44. The van der Waals surface area contributed by atoms with Crippen molar-refractivity contribution < 1.29 is 0 Å². The van der Waals surface area contributed by atoms with E-state index >= 15 is 0 Å². The fourth-order valence-electron chi connectivity index (χ4n) is 1.93. The van der Waals surface area contributed by atoms with Gasteiger partial charge >= 0.3 is 0 Å². The SMILES string of the molecule is NCc1sc(-c2cccc(Br)c2)nc1C1CC1. The molecule has 0 spiro atoms. The van der Waals surface area contributed by atoms with Gasteiger partial charge in [0.1, 0.15) is 5.01 Å². The highest BCUT2D eigenvalue weighted by Gasteiger charge is 2.29. The van der Waals surface area contributed by atoms with Crippen LogP contribution in [0, 0.1) is 0 Å². The summed E-state index contributed by atoms with van der Waals surface area (Å²) < 4.78 is 1.09. The summed E-state index contributed by atoms with van der Waals surface area (Å²) in [6.07, 6.45) is 2.54. The van der Waals surface area contributed by atoms with Crippen LogP contribution in [0.3, 0.4) is 0 Å². The predicted molar refractivity (Wildman–Crippen MR) is 75.1 cm³/mol. The number of nitrogens with zero attached hydrogens (tertiary/aromatic N) is 1. The number of rotatable bonds is 3. The molecule has 0 bridgehead atoms. The Morgan fingerprint density at radius 2 is 2.24 bits per heavy atom. The van der Waals surface area contributed by atoms with Crippen molar-refractivity contribution in [2.24, 2.45) is 5.73 Å². The van der Waals surface area contributed by atoms with Crippen LogP contribution in [0.4, 0.5) is 0 Å². The van der Waals surface area contributed by atoms with Gasteiger partial charge in [0.15, 0.2) is 0 Å². The lowest BCUT2D eigenvalue weighted by molar-refractivity contribution is 0.980. The summed E-state index contributed by atoms with van der Waals surface area (Å²) in [6, 6.07) is 8.28. The molecule has 1 fully saturated rings. The largest absolute Gasteiger partial charge is 0.326 e. The topological polar surface area (TPSA) is 38.9 Å². The Labute approximate surface area is 113 Å². The molecule has 2 aromatic rings. The number of benzene rings is 1. The minimum atomic E-state index is 0.609. The molecule has 0 saturated heterocycles. The van der Waals surface area contributed by atoms with Crippen LogP contribution in [0.15, 0.2) is 28.7 Å². The first-order chi connectivity index (χ1) is 8.28. The van der Waals surface area contributed by atoms with E-state index in [0.29, 0.717) is 12.5 Å². The first-order valence-corrected chi connectivity index (χ1v) is 7.34. The average Bonchev–Trinajstić information content (AvgIpc) is 3.08. The standard InChI is InChI=1S/C13H13BrN2S/c14-10-3-1-2-9(6-10)13-16-12(8-4-5-8)11(7-15)17-13/h1-3,6,8H,4-5,7,15H2. The van der Waals surface area contributed by atoms with E-state index < -0.39 is 0 Å². The van der Waals surface area contributed by atoms with E-state index in [1.807, 2.05) is 12.1 Å². The first kappa shape index (κ1) is 11.4. The molecule has 0 amide bonds. The predicted octanol–water partition coefficient (Wildman–Crippen LogP) is 3.91. The van der Waals surface area contributed by atoms with Crippen LogP contribution in [-0.2, 0) is 6.54 Å². The zero-order valence-corrected chi connectivity index (χ0v) is 11.7. The number of halogens is 1. The van der Waals surface area contributed by atoms with Crippen LogP contribution in [0.25, 0.3) is 10.6 Å². The second-order valence-corrected chi connectivity index (χ2v) is 6.32. The van der Waals surface area contributed by atoms with Gasteiger partial charge in [-0.2, -0.15) is 0 Å². The molecule has 1 saturated carbocycles. The highest BCUT2D eigenvalue weighted by molar-refractivity contribution is 9.10. The van der Waals surface area contributed by atoms with Crippen LogP contribution < -0.4 is 5.73 Å². The lowest BCUT2D eigenvalue weighted by Gasteiger charge is -1.96. The quantitative estimate of drug-likeness (QED) is 0.933. The van der Waals surface area contributed by atoms with Crippen molar-refractivity contribution in [3.63, 3.8) is 0 Å². The molecule has 1 aliphatic rings. The molecule has 0 aliphatic heterocycles. The smallest absolute Gasteiger partial charge is 0.123 e. The van der Waals surface area contributed by atoms with Crippen LogP contribution in [0.2, 0.25) is 0 Å². The van der Waals surface area contributed by atoms with Crippen molar-refractivity contribution in [3.05, 3.63) is 39.3 Å². The number of thiazole rings is 1. The Morgan fingerprint density at radius 3 is 2.88 bits per heavy atom. The zero-order chi connectivity index (χ0) is 11.8. The Bertz CT molecular complexity index is 546. The van der Waals surface area contributed by atoms with Crippen molar-refractivity contribution in [3.8, 4) is 10.6 Å². The molecule has 17 heavy (non-hydrogen) atoms. The molecule has 0 unspecified atom stereocenters. The minimum absolute atomic E-state index is 0.609. The third-order valence-electron chi connectivity index (χ3n) is 2.95. The third-order valence-corrected chi connectivity index (χ3v) is 4.58. The number of aromatic nitrogens is 1. The fourth-order valence-corrected chi connectivity index (χ4v) is 3.35. The van der Waals surface area contributed by atoms with Crippen molar-refractivity contribution in [1.29, 1.82) is 0 Å². The van der Waals surface area contributed by atoms with Gasteiger partial charge in [0, 0.05) is 27.4 Å². The van der Waals surface area contributed by atoms with Crippen LogP contribution in [0.5, 0.6) is 0 Å². The molecular weight excluding hydrogens is 296 g/mol. The van der Waals surface area contributed by atoms with Gasteiger partial charge < -0.3 is 5.73 Å². The van der Waals surface area contributed by atoms with Gasteiger partial charge in [0.2, 0.25) is 0 Å². The molecule has 4 heteroatoms. The van der Waals surface area contributed by atoms with Gasteiger partial charge in [-0.25, -0.2) is 4.98 Å². The Balaban J connectivity index is 2.03. The Kier molecular flexibility index (Phi) is 3.03. The third kappa shape index (κ3) is 2.30. The molecule has 0 atom stereocenters. The summed E-state index contributed by atoms with van der Waals surface area (Å²) in [6.45, 7) is 0.609. The van der Waals surface area contributed by atoms with Crippen LogP contribution in [0.1, 0.15) is 29.3 Å². The van der Waals surface area contributed by atoms with Gasteiger partial charge in [-0.05, 0) is 25.0 Å². The van der Waals surface area contributed by atoms with Gasteiger partial charge in [0.05, 0.1) is 5.69 Å². The van der Waals surface area contributed by atoms with Gasteiger partial charge in [-0.3, -0.25) is 0 Å². The van der Waals surface area contributed by atoms with Crippen LogP contribution in [-0.4, -0.2) is 4.98 Å². The summed E-state index contributed by atoms with van der Waals surface area (Å²) in [4.78, 5) is 6.02. The van der Waals surface area contributed by atoms with E-state index in [-0.39, 0.29) is 0 Å². The maximum Gasteiger partial charge on any atom is 0.123 e. The molecule has 2 N–H and O–H groups in total. The lowest BCUT2D eigenvalue weighted by atomic mass is 10.2. The molecular formula is C13H13BrN2S. The van der Waals surface area contributed by atoms with E-state index in [0.717, 1.165) is 9.48 Å². The highest BCUT2D eigenvalue weighted by atomic mass is 79.9. The summed E-state index contributed by atoms with van der Waals surface area (Å²) in [5, 5.41) is 1.09. The summed E-state index contributed by atoms with van der Waals surface area (Å²) in [5.74, 6) is 0.672.